The van der Waals surface area contributed by atoms with Crippen LogP contribution in [0.4, 0.5) is 0 Å². The van der Waals surface area contributed by atoms with Crippen LogP contribution in [0.1, 0.15) is 30.9 Å². The van der Waals surface area contributed by atoms with Crippen molar-refractivity contribution in [2.75, 3.05) is 6.54 Å². The molecule has 1 saturated carbocycles. The van der Waals surface area contributed by atoms with Gasteiger partial charge in [-0.05, 0) is 25.0 Å². The van der Waals surface area contributed by atoms with Crippen LogP contribution in [0.2, 0.25) is 0 Å². The fourth-order valence-electron chi connectivity index (χ4n) is 1.80. The van der Waals surface area contributed by atoms with Crippen LogP contribution in [0.3, 0.4) is 0 Å². The second-order valence-corrected chi connectivity index (χ2v) is 4.18. The highest BCUT2D eigenvalue weighted by Crippen LogP contribution is 2.19. The molecule has 1 atom stereocenters. The van der Waals surface area contributed by atoms with Crippen molar-refractivity contribution in [3.63, 3.8) is 0 Å². The summed E-state index contributed by atoms with van der Waals surface area (Å²) in [7, 11) is 0. The number of carboxylic acids is 1. The van der Waals surface area contributed by atoms with Gasteiger partial charge in [0.25, 0.3) is 0 Å². The van der Waals surface area contributed by atoms with Crippen molar-refractivity contribution >= 4 is 5.97 Å². The molecule has 0 spiro atoms. The van der Waals surface area contributed by atoms with E-state index >= 15 is 0 Å². The Hall–Kier alpha value is -1.42. The van der Waals surface area contributed by atoms with Gasteiger partial charge in [-0.2, -0.15) is 0 Å². The third-order valence-corrected chi connectivity index (χ3v) is 3.06. The lowest BCUT2D eigenvalue weighted by atomic mass is 9.92. The van der Waals surface area contributed by atoms with Crippen LogP contribution < -0.4 is 5.32 Å². The first-order valence-corrected chi connectivity index (χ1v) is 5.64. The van der Waals surface area contributed by atoms with Gasteiger partial charge in [-0.25, -0.2) is 0 Å². The lowest BCUT2D eigenvalue weighted by Crippen LogP contribution is -2.39. The maximum atomic E-state index is 11.1. The Morgan fingerprint density at radius 3 is 2.88 bits per heavy atom. The molecular formula is C12H16N2O2. The molecule has 4 nitrogen and oxygen atoms in total. The predicted octanol–water partition coefficient (Wildman–Crippen LogP) is 1.39. The molecule has 86 valence electrons. The molecule has 0 amide bonds. The first kappa shape index (κ1) is 11.1. The van der Waals surface area contributed by atoms with Crippen LogP contribution in [-0.2, 0) is 4.79 Å². The number of rotatable bonds is 5. The smallest absolute Gasteiger partial charge is 0.313 e. The van der Waals surface area contributed by atoms with Gasteiger partial charge < -0.3 is 10.4 Å². The summed E-state index contributed by atoms with van der Waals surface area (Å²) in [4.78, 5) is 15.2. The Kier molecular flexibility index (Phi) is 3.51. The van der Waals surface area contributed by atoms with E-state index < -0.39 is 11.9 Å². The maximum Gasteiger partial charge on any atom is 0.313 e. The van der Waals surface area contributed by atoms with Crippen molar-refractivity contribution in [3.05, 3.63) is 30.1 Å². The molecule has 2 rings (SSSR count). The fourth-order valence-corrected chi connectivity index (χ4v) is 1.80. The van der Waals surface area contributed by atoms with E-state index in [0.717, 1.165) is 12.8 Å². The van der Waals surface area contributed by atoms with Crippen LogP contribution in [0, 0.1) is 0 Å². The number of nitrogens with zero attached hydrogens (tertiary/aromatic N) is 1. The van der Waals surface area contributed by atoms with Gasteiger partial charge in [0.05, 0.1) is 5.69 Å². The molecule has 0 aliphatic heterocycles. The number of hydrogen-bond acceptors (Lipinski definition) is 3. The van der Waals surface area contributed by atoms with E-state index in [9.17, 15) is 4.79 Å². The minimum Gasteiger partial charge on any atom is -0.481 e. The molecular weight excluding hydrogens is 204 g/mol. The van der Waals surface area contributed by atoms with Crippen LogP contribution in [0.5, 0.6) is 0 Å². The lowest BCUT2D eigenvalue weighted by Gasteiger charge is -2.27. The van der Waals surface area contributed by atoms with E-state index in [1.54, 1.807) is 18.3 Å². The van der Waals surface area contributed by atoms with Crippen LogP contribution >= 0.6 is 0 Å². The van der Waals surface area contributed by atoms with Crippen LogP contribution in [0.15, 0.2) is 24.4 Å². The van der Waals surface area contributed by atoms with E-state index in [2.05, 4.69) is 10.3 Å². The summed E-state index contributed by atoms with van der Waals surface area (Å²) in [5.74, 6) is -1.35. The van der Waals surface area contributed by atoms with Gasteiger partial charge in [-0.1, -0.05) is 12.5 Å². The van der Waals surface area contributed by atoms with Gasteiger partial charge >= 0.3 is 5.97 Å². The summed E-state index contributed by atoms with van der Waals surface area (Å²) < 4.78 is 0. The molecule has 1 aromatic rings. The highest BCUT2D eigenvalue weighted by Gasteiger charge is 2.24. The van der Waals surface area contributed by atoms with Crippen molar-refractivity contribution in [3.8, 4) is 0 Å². The number of hydrogen-bond donors (Lipinski definition) is 2. The summed E-state index contributed by atoms with van der Waals surface area (Å²) in [6, 6.07) is 5.88. The average Bonchev–Trinajstić information content (AvgIpc) is 2.22. The molecule has 0 radical (unpaired) electrons. The molecule has 2 N–H and O–H groups in total. The zero-order chi connectivity index (χ0) is 11.4. The number of aliphatic carboxylic acids is 1. The fraction of sp³-hybridized carbons (Fsp3) is 0.500. The summed E-state index contributed by atoms with van der Waals surface area (Å²) >= 11 is 0. The van der Waals surface area contributed by atoms with Crippen LogP contribution in [0.25, 0.3) is 0 Å². The number of pyridine rings is 1. The number of aromatic nitrogens is 1. The summed E-state index contributed by atoms with van der Waals surface area (Å²) in [6.07, 6.45) is 5.21. The molecule has 1 heterocycles. The van der Waals surface area contributed by atoms with E-state index in [-0.39, 0.29) is 0 Å². The van der Waals surface area contributed by atoms with E-state index in [4.69, 9.17) is 5.11 Å². The minimum atomic E-state index is -0.814. The maximum absolute atomic E-state index is 11.1. The van der Waals surface area contributed by atoms with Crippen molar-refractivity contribution in [2.24, 2.45) is 0 Å². The second kappa shape index (κ2) is 5.07. The Labute approximate surface area is 94.7 Å². The standard InChI is InChI=1S/C12H16N2O2/c15-12(16)10(8-14-9-4-3-5-9)11-6-1-2-7-13-11/h1-2,6-7,9-10,14H,3-5,8H2,(H,15,16). The van der Waals surface area contributed by atoms with Crippen molar-refractivity contribution in [2.45, 2.75) is 31.2 Å². The number of carboxylic acid groups (broad SMARTS) is 1. The highest BCUT2D eigenvalue weighted by molar-refractivity contribution is 5.75. The highest BCUT2D eigenvalue weighted by atomic mass is 16.4. The molecule has 1 aliphatic rings. The van der Waals surface area contributed by atoms with Crippen molar-refractivity contribution in [1.29, 1.82) is 0 Å². The monoisotopic (exact) mass is 220 g/mol. The zero-order valence-electron chi connectivity index (χ0n) is 9.10. The largest absolute Gasteiger partial charge is 0.481 e. The Morgan fingerprint density at radius 1 is 1.56 bits per heavy atom. The molecule has 16 heavy (non-hydrogen) atoms. The molecule has 4 heteroatoms. The molecule has 1 fully saturated rings. The Bertz CT molecular complexity index is 349. The normalized spacial score (nSPS) is 17.8. The zero-order valence-corrected chi connectivity index (χ0v) is 9.10. The van der Waals surface area contributed by atoms with E-state index in [0.29, 0.717) is 18.3 Å². The SMILES string of the molecule is O=C(O)C(CNC1CCC1)c1ccccn1. The average molecular weight is 220 g/mol. The number of nitrogens with one attached hydrogen (secondary N) is 1. The molecule has 1 aromatic heterocycles. The van der Waals surface area contributed by atoms with Gasteiger partial charge in [0, 0.05) is 18.8 Å². The molecule has 1 aliphatic carbocycles. The first-order valence-electron chi connectivity index (χ1n) is 5.64. The van der Waals surface area contributed by atoms with Gasteiger partial charge in [0.2, 0.25) is 0 Å². The molecule has 0 bridgehead atoms. The summed E-state index contributed by atoms with van der Waals surface area (Å²) in [5, 5.41) is 12.4. The van der Waals surface area contributed by atoms with Crippen molar-refractivity contribution in [1.82, 2.24) is 10.3 Å². The van der Waals surface area contributed by atoms with Crippen LogP contribution in [-0.4, -0.2) is 28.6 Å². The Balaban J connectivity index is 1.96. The van der Waals surface area contributed by atoms with E-state index in [1.165, 1.54) is 6.42 Å². The third-order valence-electron chi connectivity index (χ3n) is 3.06. The van der Waals surface area contributed by atoms with Gasteiger partial charge in [0.15, 0.2) is 0 Å². The first-order chi connectivity index (χ1) is 7.77. The van der Waals surface area contributed by atoms with Gasteiger partial charge in [-0.3, -0.25) is 9.78 Å². The third kappa shape index (κ3) is 2.58. The minimum absolute atomic E-state index is 0.469. The van der Waals surface area contributed by atoms with E-state index in [1.807, 2.05) is 6.07 Å². The topological polar surface area (TPSA) is 62.2 Å². The molecule has 0 saturated heterocycles. The summed E-state index contributed by atoms with van der Waals surface area (Å²) in [5.41, 5.74) is 0.627. The number of carbonyl (C=O) groups is 1. The van der Waals surface area contributed by atoms with Gasteiger partial charge in [0.1, 0.15) is 5.92 Å². The quantitative estimate of drug-likeness (QED) is 0.787. The lowest BCUT2D eigenvalue weighted by molar-refractivity contribution is -0.138. The van der Waals surface area contributed by atoms with Crippen molar-refractivity contribution < 1.29 is 9.90 Å². The van der Waals surface area contributed by atoms with Gasteiger partial charge in [-0.15, -0.1) is 0 Å². The molecule has 1 unspecified atom stereocenters. The predicted molar refractivity (Wildman–Crippen MR) is 60.3 cm³/mol. The Morgan fingerprint density at radius 2 is 2.38 bits per heavy atom. The molecule has 0 aromatic carbocycles. The second-order valence-electron chi connectivity index (χ2n) is 4.18. The summed E-state index contributed by atoms with van der Waals surface area (Å²) in [6.45, 7) is 0.469.